The molecule has 5 rings (SSSR count). The zero-order chi connectivity index (χ0) is 23.3. The van der Waals surface area contributed by atoms with E-state index in [1.165, 1.54) is 6.07 Å². The van der Waals surface area contributed by atoms with Crippen LogP contribution in [-0.4, -0.2) is 53.2 Å². The number of piperazine rings is 1. The van der Waals surface area contributed by atoms with E-state index in [1.54, 1.807) is 12.1 Å². The Morgan fingerprint density at radius 3 is 2.61 bits per heavy atom. The Morgan fingerprint density at radius 1 is 1.18 bits per heavy atom. The van der Waals surface area contributed by atoms with Gasteiger partial charge in [0.05, 0.1) is 23.7 Å². The first kappa shape index (κ1) is 21.8. The molecule has 3 atom stereocenters. The number of aliphatic hydroxyl groups excluding tert-OH is 1. The van der Waals surface area contributed by atoms with Gasteiger partial charge >= 0.3 is 0 Å². The lowest BCUT2D eigenvalue weighted by atomic mass is 9.57. The van der Waals surface area contributed by atoms with Crippen LogP contribution in [0, 0.1) is 24.2 Å². The first-order chi connectivity index (χ1) is 15.8. The molecule has 1 saturated heterocycles. The van der Waals surface area contributed by atoms with Gasteiger partial charge in [-0.15, -0.1) is 0 Å². The van der Waals surface area contributed by atoms with Gasteiger partial charge in [0.15, 0.2) is 0 Å². The van der Waals surface area contributed by atoms with E-state index in [2.05, 4.69) is 28.6 Å². The van der Waals surface area contributed by atoms with E-state index < -0.39 is 5.41 Å². The number of fused-ring (bicyclic) bond motifs is 3. The maximum absolute atomic E-state index is 15.0. The number of aromatic nitrogens is 2. The van der Waals surface area contributed by atoms with Gasteiger partial charge in [0.25, 0.3) is 0 Å². The predicted molar refractivity (Wildman–Crippen MR) is 126 cm³/mol. The van der Waals surface area contributed by atoms with E-state index in [1.807, 2.05) is 13.0 Å². The normalized spacial score (nSPS) is 27.7. The van der Waals surface area contributed by atoms with Crippen LogP contribution in [0.2, 0.25) is 0 Å². The molecule has 1 aliphatic heterocycles. The zero-order valence-electron chi connectivity index (χ0n) is 19.5. The molecule has 3 aliphatic rings. The molecule has 33 heavy (non-hydrogen) atoms. The molecule has 7 heteroatoms. The molecule has 2 heterocycles. The third kappa shape index (κ3) is 3.48. The molecule has 2 aromatic rings. The molecule has 0 radical (unpaired) electrons. The summed E-state index contributed by atoms with van der Waals surface area (Å²) in [6.45, 7) is 15.3. The van der Waals surface area contributed by atoms with Crippen molar-refractivity contribution in [3.05, 3.63) is 64.2 Å². The molecule has 1 aromatic carbocycles. The number of nitrogens with zero attached hydrogens (tertiary/aromatic N) is 5. The molecule has 172 valence electrons. The van der Waals surface area contributed by atoms with Crippen LogP contribution in [0.1, 0.15) is 37.9 Å². The Morgan fingerprint density at radius 2 is 1.91 bits per heavy atom. The predicted octanol–water partition coefficient (Wildman–Crippen LogP) is 4.58. The number of aliphatic hydroxyl groups is 1. The fraction of sp³-hybridized carbons (Fsp3) is 0.500. The average Bonchev–Trinajstić information content (AvgIpc) is 2.82. The minimum Gasteiger partial charge on any atom is -0.523 e. The summed E-state index contributed by atoms with van der Waals surface area (Å²) < 4.78 is 15.0. The SMILES string of the molecule is [C-]#[N+]C1=C(O)[C@H](C)[C@H]2CCc3c(-c4ccccc4F)nc(N4CCN(C)CC4)nc3[C@]2(C)C1. The van der Waals surface area contributed by atoms with Crippen LogP contribution in [0.4, 0.5) is 10.3 Å². The topological polar surface area (TPSA) is 56.9 Å². The minimum atomic E-state index is -0.413. The van der Waals surface area contributed by atoms with Crippen LogP contribution in [-0.2, 0) is 11.8 Å². The third-order valence-electron chi connectivity index (χ3n) is 7.98. The smallest absolute Gasteiger partial charge is 0.226 e. The van der Waals surface area contributed by atoms with Crippen molar-refractivity contribution < 1.29 is 9.50 Å². The lowest BCUT2D eigenvalue weighted by molar-refractivity contribution is 0.135. The maximum Gasteiger partial charge on any atom is 0.226 e. The molecular weight excluding hydrogens is 417 g/mol. The first-order valence-corrected chi connectivity index (χ1v) is 11.7. The lowest BCUT2D eigenvalue weighted by Crippen LogP contribution is -2.47. The number of hydrogen-bond donors (Lipinski definition) is 1. The van der Waals surface area contributed by atoms with E-state index in [0.717, 1.165) is 50.3 Å². The number of hydrogen-bond acceptors (Lipinski definition) is 5. The van der Waals surface area contributed by atoms with Crippen molar-refractivity contribution in [2.24, 2.45) is 11.8 Å². The summed E-state index contributed by atoms with van der Waals surface area (Å²) in [5.41, 5.74) is 3.07. The van der Waals surface area contributed by atoms with E-state index >= 15 is 0 Å². The quantitative estimate of drug-likeness (QED) is 0.683. The van der Waals surface area contributed by atoms with Gasteiger partial charge in [0.1, 0.15) is 5.82 Å². The highest BCUT2D eigenvalue weighted by molar-refractivity contribution is 5.68. The van der Waals surface area contributed by atoms with Gasteiger partial charge in [-0.1, -0.05) is 26.0 Å². The van der Waals surface area contributed by atoms with Gasteiger partial charge in [-0.2, -0.15) is 0 Å². The van der Waals surface area contributed by atoms with Crippen molar-refractivity contribution in [1.82, 2.24) is 14.9 Å². The molecule has 1 N–H and O–H groups in total. The monoisotopic (exact) mass is 447 g/mol. The highest BCUT2D eigenvalue weighted by Gasteiger charge is 2.50. The third-order valence-corrected chi connectivity index (χ3v) is 7.98. The van der Waals surface area contributed by atoms with Crippen molar-refractivity contribution in [2.45, 2.75) is 38.5 Å². The van der Waals surface area contributed by atoms with E-state index in [4.69, 9.17) is 16.5 Å². The summed E-state index contributed by atoms with van der Waals surface area (Å²) in [5, 5.41) is 10.7. The van der Waals surface area contributed by atoms with Crippen LogP contribution in [0.3, 0.4) is 0 Å². The molecule has 6 nitrogen and oxygen atoms in total. The molecule has 0 unspecified atom stereocenters. The lowest BCUT2D eigenvalue weighted by Gasteiger charge is -2.48. The van der Waals surface area contributed by atoms with E-state index in [9.17, 15) is 9.50 Å². The van der Waals surface area contributed by atoms with Crippen molar-refractivity contribution in [3.8, 4) is 11.3 Å². The molecule has 0 bridgehead atoms. The van der Waals surface area contributed by atoms with Crippen molar-refractivity contribution in [1.29, 1.82) is 0 Å². The zero-order valence-corrected chi connectivity index (χ0v) is 19.5. The summed E-state index contributed by atoms with van der Waals surface area (Å²) >= 11 is 0. The molecule has 1 aromatic heterocycles. The fourth-order valence-corrected chi connectivity index (χ4v) is 6.00. The Hall–Kier alpha value is -2.98. The molecule has 2 aliphatic carbocycles. The largest absolute Gasteiger partial charge is 0.523 e. The summed E-state index contributed by atoms with van der Waals surface area (Å²) in [5.74, 6) is 0.627. The standard InChI is InChI=1S/C26H30FN5O/c1-16-19-10-9-18-22(17-7-5-6-8-20(17)27)29-25(32-13-11-31(4)12-14-32)30-24(18)26(19,2)15-21(28-3)23(16)33/h5-8,16,19,33H,9-15H2,1-2,4H3/t16-,19-,26-/m1/s1. The van der Waals surface area contributed by atoms with Gasteiger partial charge in [-0.3, -0.25) is 0 Å². The maximum atomic E-state index is 15.0. The van der Waals surface area contributed by atoms with Crippen LogP contribution in [0.5, 0.6) is 0 Å². The number of anilines is 1. The fourth-order valence-electron chi connectivity index (χ4n) is 6.00. The number of halogens is 1. The average molecular weight is 448 g/mol. The van der Waals surface area contributed by atoms with E-state index in [-0.39, 0.29) is 23.4 Å². The van der Waals surface area contributed by atoms with Crippen LogP contribution in [0.15, 0.2) is 35.7 Å². The van der Waals surface area contributed by atoms with Gasteiger partial charge < -0.3 is 14.9 Å². The number of benzene rings is 1. The Bertz CT molecular complexity index is 1160. The van der Waals surface area contributed by atoms with Crippen molar-refractivity contribution >= 4 is 5.95 Å². The second-order valence-electron chi connectivity index (χ2n) is 9.94. The number of rotatable bonds is 2. The van der Waals surface area contributed by atoms with Gasteiger partial charge in [-0.25, -0.2) is 19.2 Å². The van der Waals surface area contributed by atoms with Gasteiger partial charge in [0.2, 0.25) is 11.6 Å². The molecular formula is C26H30FN5O. The van der Waals surface area contributed by atoms with Gasteiger partial charge in [0, 0.05) is 48.6 Å². The first-order valence-electron chi connectivity index (χ1n) is 11.7. The number of likely N-dealkylation sites (N-methyl/N-ethyl adjacent to an activating group) is 1. The molecule has 0 spiro atoms. The number of allylic oxidation sites excluding steroid dienone is 2. The highest BCUT2D eigenvalue weighted by Crippen LogP contribution is 2.54. The Labute approximate surface area is 194 Å². The Balaban J connectivity index is 1.71. The Kier molecular flexibility index (Phi) is 5.37. The second-order valence-corrected chi connectivity index (χ2v) is 9.94. The summed E-state index contributed by atoms with van der Waals surface area (Å²) in [7, 11) is 2.11. The van der Waals surface area contributed by atoms with Crippen molar-refractivity contribution in [2.75, 3.05) is 38.1 Å². The van der Waals surface area contributed by atoms with Crippen LogP contribution in [0.25, 0.3) is 16.1 Å². The molecule has 1 fully saturated rings. The molecule has 0 amide bonds. The van der Waals surface area contributed by atoms with E-state index in [0.29, 0.717) is 29.3 Å². The van der Waals surface area contributed by atoms with Crippen LogP contribution < -0.4 is 4.90 Å². The summed E-state index contributed by atoms with van der Waals surface area (Å²) in [4.78, 5) is 18.2. The second kappa shape index (κ2) is 8.11. The summed E-state index contributed by atoms with van der Waals surface area (Å²) in [6, 6.07) is 6.81. The highest BCUT2D eigenvalue weighted by atomic mass is 19.1. The van der Waals surface area contributed by atoms with Crippen LogP contribution >= 0.6 is 0 Å². The van der Waals surface area contributed by atoms with Crippen molar-refractivity contribution in [3.63, 3.8) is 0 Å². The minimum absolute atomic E-state index is 0.111. The summed E-state index contributed by atoms with van der Waals surface area (Å²) in [6.07, 6.45) is 2.02. The van der Waals surface area contributed by atoms with Gasteiger partial charge in [-0.05, 0) is 44.4 Å². The molecule has 0 saturated carbocycles.